The molecular formula is C18H18O5. The molecule has 1 unspecified atom stereocenters. The smallest absolute Gasteiger partial charge is 0.174 e. The number of aromatic hydroxyl groups is 1. The summed E-state index contributed by atoms with van der Waals surface area (Å²) in [5, 5.41) is 19.8. The highest BCUT2D eigenvalue weighted by Gasteiger charge is 2.34. The second kappa shape index (κ2) is 5.93. The summed E-state index contributed by atoms with van der Waals surface area (Å²) >= 11 is 0. The first-order chi connectivity index (χ1) is 11.1. The molecule has 0 aliphatic carbocycles. The Bertz CT molecular complexity index is 752. The van der Waals surface area contributed by atoms with Gasteiger partial charge in [-0.15, -0.1) is 0 Å². The molecule has 0 saturated heterocycles. The number of Topliss-reactive ketones (excluding diaryl/α,β-unsaturated/α-hetero) is 1. The van der Waals surface area contributed by atoms with Gasteiger partial charge in [-0.05, 0) is 12.5 Å². The van der Waals surface area contributed by atoms with Gasteiger partial charge in [-0.1, -0.05) is 30.3 Å². The Labute approximate surface area is 134 Å². The number of rotatable bonds is 3. The Morgan fingerprint density at radius 2 is 2.00 bits per heavy atom. The number of hydrogen-bond acceptors (Lipinski definition) is 5. The van der Waals surface area contributed by atoms with Gasteiger partial charge in [0.15, 0.2) is 5.78 Å². The van der Waals surface area contributed by atoms with Crippen LogP contribution in [0, 0.1) is 6.92 Å². The van der Waals surface area contributed by atoms with Crippen LogP contribution < -0.4 is 9.47 Å². The molecule has 1 aliphatic heterocycles. The van der Waals surface area contributed by atoms with E-state index in [2.05, 4.69) is 0 Å². The number of fused-ring (bicyclic) bond motifs is 1. The maximum Gasteiger partial charge on any atom is 0.174 e. The van der Waals surface area contributed by atoms with Crippen LogP contribution in [0.1, 0.15) is 39.6 Å². The predicted molar refractivity (Wildman–Crippen MR) is 84.1 cm³/mol. The molecule has 1 atom stereocenters. The van der Waals surface area contributed by atoms with E-state index in [9.17, 15) is 15.0 Å². The third kappa shape index (κ3) is 2.43. The fraction of sp³-hybridized carbons (Fsp3) is 0.278. The van der Waals surface area contributed by atoms with Gasteiger partial charge in [0.1, 0.15) is 28.9 Å². The van der Waals surface area contributed by atoms with Crippen LogP contribution in [0.4, 0.5) is 0 Å². The van der Waals surface area contributed by atoms with Crippen molar-refractivity contribution >= 4 is 5.78 Å². The van der Waals surface area contributed by atoms with Gasteiger partial charge >= 0.3 is 0 Å². The lowest BCUT2D eigenvalue weighted by molar-refractivity contribution is 0.0841. The summed E-state index contributed by atoms with van der Waals surface area (Å²) in [6.07, 6.45) is -0.264. The minimum Gasteiger partial charge on any atom is -0.507 e. The SMILES string of the molecule is COc1c(C)c2c(c(O)c1CO)C(=O)CC(c1ccccc1)O2. The lowest BCUT2D eigenvalue weighted by Gasteiger charge is -2.29. The predicted octanol–water partition coefficient (Wildman–Crippen LogP) is 2.91. The lowest BCUT2D eigenvalue weighted by atomic mass is 9.91. The molecule has 1 heterocycles. The third-order valence-electron chi connectivity index (χ3n) is 4.15. The van der Waals surface area contributed by atoms with Crippen LogP contribution in [0.15, 0.2) is 30.3 Å². The van der Waals surface area contributed by atoms with Crippen LogP contribution in [0.2, 0.25) is 0 Å². The van der Waals surface area contributed by atoms with Gasteiger partial charge in [0.2, 0.25) is 0 Å². The van der Waals surface area contributed by atoms with Crippen molar-refractivity contribution < 1.29 is 24.5 Å². The quantitative estimate of drug-likeness (QED) is 0.911. The largest absolute Gasteiger partial charge is 0.507 e. The van der Waals surface area contributed by atoms with Gasteiger partial charge in [0.25, 0.3) is 0 Å². The fourth-order valence-corrected chi connectivity index (χ4v) is 3.02. The fourth-order valence-electron chi connectivity index (χ4n) is 3.02. The van der Waals surface area contributed by atoms with Gasteiger partial charge in [-0.3, -0.25) is 4.79 Å². The number of ketones is 1. The summed E-state index contributed by atoms with van der Waals surface area (Å²) in [5.41, 5.74) is 1.83. The average Bonchev–Trinajstić information content (AvgIpc) is 2.57. The van der Waals surface area contributed by atoms with Crippen molar-refractivity contribution in [3.05, 3.63) is 52.6 Å². The summed E-state index contributed by atoms with van der Waals surface area (Å²) in [4.78, 5) is 12.5. The molecule has 0 amide bonds. The molecular weight excluding hydrogens is 296 g/mol. The first kappa shape index (κ1) is 15.4. The summed E-state index contributed by atoms with van der Waals surface area (Å²) in [6.45, 7) is 1.33. The number of ether oxygens (including phenoxy) is 2. The minimum atomic E-state index is -0.418. The molecule has 0 aromatic heterocycles. The van der Waals surface area contributed by atoms with Crippen molar-refractivity contribution in [1.82, 2.24) is 0 Å². The third-order valence-corrected chi connectivity index (χ3v) is 4.15. The van der Waals surface area contributed by atoms with E-state index in [1.807, 2.05) is 30.3 Å². The lowest BCUT2D eigenvalue weighted by Crippen LogP contribution is -2.22. The van der Waals surface area contributed by atoms with Gasteiger partial charge in [-0.25, -0.2) is 0 Å². The molecule has 0 saturated carbocycles. The summed E-state index contributed by atoms with van der Waals surface area (Å²) in [7, 11) is 1.45. The number of carbonyl (C=O) groups excluding carboxylic acids is 1. The number of methoxy groups -OCH3 is 1. The molecule has 5 heteroatoms. The molecule has 2 aromatic carbocycles. The number of phenols is 1. The maximum atomic E-state index is 12.5. The van der Waals surface area contributed by atoms with Crippen molar-refractivity contribution in [2.24, 2.45) is 0 Å². The summed E-state index contributed by atoms with van der Waals surface area (Å²) in [5.74, 6) is 0.187. The summed E-state index contributed by atoms with van der Waals surface area (Å²) in [6, 6.07) is 9.47. The van der Waals surface area contributed by atoms with Crippen LogP contribution in [0.3, 0.4) is 0 Å². The molecule has 2 N–H and O–H groups in total. The molecule has 3 rings (SSSR count). The van der Waals surface area contributed by atoms with Crippen molar-refractivity contribution in [1.29, 1.82) is 0 Å². The van der Waals surface area contributed by atoms with Gasteiger partial charge < -0.3 is 19.7 Å². The molecule has 0 radical (unpaired) electrons. The maximum absolute atomic E-state index is 12.5. The Hall–Kier alpha value is -2.53. The van der Waals surface area contributed by atoms with E-state index < -0.39 is 12.7 Å². The summed E-state index contributed by atoms with van der Waals surface area (Å²) < 4.78 is 11.3. The van der Waals surface area contributed by atoms with Crippen molar-refractivity contribution in [2.75, 3.05) is 7.11 Å². The van der Waals surface area contributed by atoms with E-state index in [4.69, 9.17) is 9.47 Å². The molecule has 5 nitrogen and oxygen atoms in total. The molecule has 1 aliphatic rings. The van der Waals surface area contributed by atoms with E-state index in [1.165, 1.54) is 7.11 Å². The zero-order chi connectivity index (χ0) is 16.6. The van der Waals surface area contributed by atoms with Gasteiger partial charge in [-0.2, -0.15) is 0 Å². The Kier molecular flexibility index (Phi) is 3.96. The highest BCUT2D eigenvalue weighted by molar-refractivity contribution is 6.03. The highest BCUT2D eigenvalue weighted by atomic mass is 16.5. The van der Waals surface area contributed by atoms with Gasteiger partial charge in [0, 0.05) is 5.56 Å². The first-order valence-electron chi connectivity index (χ1n) is 7.36. The second-order valence-electron chi connectivity index (χ2n) is 5.49. The second-order valence-corrected chi connectivity index (χ2v) is 5.49. The van der Waals surface area contributed by atoms with Crippen LogP contribution in [0.5, 0.6) is 17.2 Å². The van der Waals surface area contributed by atoms with Crippen LogP contribution in [0.25, 0.3) is 0 Å². The Morgan fingerprint density at radius 3 is 2.61 bits per heavy atom. The average molecular weight is 314 g/mol. The van der Waals surface area contributed by atoms with E-state index in [0.29, 0.717) is 17.1 Å². The number of benzene rings is 2. The Morgan fingerprint density at radius 1 is 1.30 bits per heavy atom. The number of hydrogen-bond donors (Lipinski definition) is 2. The van der Waals surface area contributed by atoms with Crippen LogP contribution in [-0.4, -0.2) is 23.1 Å². The molecule has 2 aromatic rings. The molecule has 0 fully saturated rings. The van der Waals surface area contributed by atoms with Crippen molar-refractivity contribution in [2.45, 2.75) is 26.1 Å². The van der Waals surface area contributed by atoms with Crippen LogP contribution in [-0.2, 0) is 6.61 Å². The Balaban J connectivity index is 2.15. The zero-order valence-electron chi connectivity index (χ0n) is 13.0. The monoisotopic (exact) mass is 314 g/mol. The van der Waals surface area contributed by atoms with Crippen molar-refractivity contribution in [3.8, 4) is 17.2 Å². The van der Waals surface area contributed by atoms with Crippen LogP contribution >= 0.6 is 0 Å². The molecule has 0 bridgehead atoms. The molecule has 120 valence electrons. The zero-order valence-corrected chi connectivity index (χ0v) is 13.0. The number of aliphatic hydroxyl groups is 1. The number of carbonyl (C=O) groups is 1. The first-order valence-corrected chi connectivity index (χ1v) is 7.36. The van der Waals surface area contributed by atoms with E-state index in [-0.39, 0.29) is 29.1 Å². The molecule has 0 spiro atoms. The number of aliphatic hydroxyl groups excluding tert-OH is 1. The van der Waals surface area contributed by atoms with E-state index in [1.54, 1.807) is 6.92 Å². The molecule has 23 heavy (non-hydrogen) atoms. The topological polar surface area (TPSA) is 76.0 Å². The van der Waals surface area contributed by atoms with Crippen molar-refractivity contribution in [3.63, 3.8) is 0 Å². The van der Waals surface area contributed by atoms with E-state index in [0.717, 1.165) is 5.56 Å². The normalized spacial score (nSPS) is 16.7. The van der Waals surface area contributed by atoms with Gasteiger partial charge in [0.05, 0.1) is 25.7 Å². The standard InChI is InChI=1S/C18H18O5/c1-10-17(22-2)12(9-19)16(21)15-13(20)8-14(23-18(10)15)11-6-4-3-5-7-11/h3-7,14,19,21H,8-9H2,1-2H3. The minimum absolute atomic E-state index is 0.125. The highest BCUT2D eigenvalue weighted by Crippen LogP contribution is 2.47. The van der Waals surface area contributed by atoms with E-state index >= 15 is 0 Å².